The van der Waals surface area contributed by atoms with E-state index in [1.165, 1.54) is 5.56 Å². The lowest BCUT2D eigenvalue weighted by Crippen LogP contribution is -2.45. The average Bonchev–Trinajstić information content (AvgIpc) is 3.13. The molecule has 1 aromatic rings. The second-order valence-corrected chi connectivity index (χ2v) is 21.6. The van der Waals surface area contributed by atoms with Crippen molar-refractivity contribution < 1.29 is 14.0 Å². The summed E-state index contributed by atoms with van der Waals surface area (Å²) in [5, 5.41) is 0.124. The van der Waals surface area contributed by atoms with Crippen LogP contribution in [-0.2, 0) is 4.43 Å². The lowest BCUT2D eigenvalue weighted by molar-refractivity contribution is 0.122. The van der Waals surface area contributed by atoms with Crippen LogP contribution in [-0.4, -0.2) is 33.6 Å². The van der Waals surface area contributed by atoms with E-state index in [2.05, 4.69) is 78.9 Å². The third-order valence-electron chi connectivity index (χ3n) is 8.64. The highest BCUT2D eigenvalue weighted by atomic mass is 28.4. The van der Waals surface area contributed by atoms with Gasteiger partial charge in [-0.1, -0.05) is 52.7 Å². The van der Waals surface area contributed by atoms with E-state index in [9.17, 15) is 4.80 Å². The van der Waals surface area contributed by atoms with Crippen molar-refractivity contribution in [1.82, 2.24) is 0 Å². The summed E-state index contributed by atoms with van der Waals surface area (Å²) < 4.78 is 13.5. The van der Waals surface area contributed by atoms with Crippen molar-refractivity contribution in [3.8, 4) is 18.1 Å². The Labute approximate surface area is 192 Å². The molecule has 1 aliphatic heterocycles. The molecule has 0 spiro atoms. The summed E-state index contributed by atoms with van der Waals surface area (Å²) in [6.45, 7) is 20.2. The van der Waals surface area contributed by atoms with Gasteiger partial charge in [0.15, 0.2) is 16.6 Å². The van der Waals surface area contributed by atoms with E-state index < -0.39 is 16.6 Å². The van der Waals surface area contributed by atoms with Crippen molar-refractivity contribution in [2.75, 3.05) is 0 Å². The molecule has 1 fully saturated rings. The minimum atomic E-state index is -2.27. The molecule has 1 aliphatic carbocycles. The molecule has 1 saturated carbocycles. The summed E-state index contributed by atoms with van der Waals surface area (Å²) in [6, 6.07) is 6.23. The predicted molar refractivity (Wildman–Crippen MR) is 135 cm³/mol. The fourth-order valence-corrected chi connectivity index (χ4v) is 6.85. The highest BCUT2D eigenvalue weighted by molar-refractivity contribution is 6.74. The van der Waals surface area contributed by atoms with E-state index in [1.54, 1.807) is 0 Å². The molecular formula is C26H42O3Si2. The predicted octanol–water partition coefficient (Wildman–Crippen LogP) is 6.68. The first-order chi connectivity index (χ1) is 14.1. The highest BCUT2D eigenvalue weighted by Gasteiger charge is 2.53. The molecule has 1 heterocycles. The van der Waals surface area contributed by atoms with Gasteiger partial charge in [0.2, 0.25) is 0 Å². The summed E-state index contributed by atoms with van der Waals surface area (Å²) >= 11 is 0. The zero-order chi connectivity index (χ0) is 23.4. The number of para-hydroxylation sites is 1. The Balaban J connectivity index is 1.93. The van der Waals surface area contributed by atoms with Gasteiger partial charge >= 0.3 is 0 Å². The molecule has 0 amide bonds. The van der Waals surface area contributed by atoms with Gasteiger partial charge in [0, 0.05) is 17.9 Å². The summed E-state index contributed by atoms with van der Waals surface area (Å²) in [7, 11) is -4.17. The van der Waals surface area contributed by atoms with Crippen LogP contribution in [0.3, 0.4) is 0 Å². The van der Waals surface area contributed by atoms with Crippen LogP contribution in [0, 0.1) is 18.3 Å². The number of ether oxygens (including phenoxy) is 1. The number of terminal acetylenes is 1. The third-order valence-corrected chi connectivity index (χ3v) is 16.7. The lowest BCUT2D eigenvalue weighted by atomic mass is 9.83. The minimum absolute atomic E-state index is 0.0461. The molecule has 31 heavy (non-hydrogen) atoms. The van der Waals surface area contributed by atoms with Gasteiger partial charge in [-0.25, -0.2) is 0 Å². The molecule has 0 unspecified atom stereocenters. The van der Waals surface area contributed by atoms with Gasteiger partial charge in [-0.3, -0.25) is 0 Å². The number of hydrogen-bond donors (Lipinski definition) is 1. The largest absolute Gasteiger partial charge is 0.488 e. The molecule has 3 nitrogen and oxygen atoms in total. The molecule has 0 aromatic heterocycles. The van der Waals surface area contributed by atoms with Crippen LogP contribution in [0.1, 0.15) is 70.9 Å². The van der Waals surface area contributed by atoms with Crippen molar-refractivity contribution >= 4 is 16.6 Å². The lowest BCUT2D eigenvalue weighted by Gasteiger charge is -2.41. The fourth-order valence-electron chi connectivity index (χ4n) is 4.71. The van der Waals surface area contributed by atoms with Crippen molar-refractivity contribution in [2.24, 2.45) is 5.92 Å². The van der Waals surface area contributed by atoms with Gasteiger partial charge in [-0.15, -0.1) is 6.42 Å². The molecule has 0 saturated heterocycles. The van der Waals surface area contributed by atoms with E-state index in [1.807, 2.05) is 6.07 Å². The molecule has 5 heteroatoms. The smallest absolute Gasteiger partial charge is 0.192 e. The quantitative estimate of drug-likeness (QED) is 0.382. The van der Waals surface area contributed by atoms with E-state index >= 15 is 0 Å². The van der Waals surface area contributed by atoms with Gasteiger partial charge in [0.05, 0.1) is 11.7 Å². The first-order valence-corrected chi connectivity index (χ1v) is 17.6. The Morgan fingerprint density at radius 2 is 1.81 bits per heavy atom. The average molecular weight is 459 g/mol. The van der Waals surface area contributed by atoms with E-state index in [0.717, 1.165) is 30.6 Å². The Kier molecular flexibility index (Phi) is 6.39. The molecule has 172 valence electrons. The topological polar surface area (TPSA) is 38.7 Å². The van der Waals surface area contributed by atoms with Gasteiger partial charge < -0.3 is 14.0 Å². The minimum Gasteiger partial charge on any atom is -0.488 e. The SMILES string of the molecule is C#Cc1cccc2c1O[C@H]1C[C@@H](O[Si](C)(C)C(C)(C)C)[C@H](CCC(C)(C)[Si](C)(C)O)[C@@H]21. The maximum absolute atomic E-state index is 10.9. The van der Waals surface area contributed by atoms with E-state index in [-0.39, 0.29) is 22.3 Å². The summed E-state index contributed by atoms with van der Waals surface area (Å²) in [5.74, 6) is 4.40. The molecular weight excluding hydrogens is 416 g/mol. The van der Waals surface area contributed by atoms with Crippen LogP contribution in [0.15, 0.2) is 18.2 Å². The molecule has 1 N–H and O–H groups in total. The van der Waals surface area contributed by atoms with Gasteiger partial charge in [-0.2, -0.15) is 0 Å². The van der Waals surface area contributed by atoms with Gasteiger partial charge in [0.25, 0.3) is 0 Å². The van der Waals surface area contributed by atoms with Crippen LogP contribution < -0.4 is 4.74 Å². The Morgan fingerprint density at radius 1 is 1.16 bits per heavy atom. The van der Waals surface area contributed by atoms with Crippen LogP contribution in [0.25, 0.3) is 0 Å². The maximum Gasteiger partial charge on any atom is 0.192 e. The van der Waals surface area contributed by atoms with E-state index in [4.69, 9.17) is 15.6 Å². The Bertz CT molecular complexity index is 855. The van der Waals surface area contributed by atoms with Crippen molar-refractivity contribution in [3.63, 3.8) is 0 Å². The van der Waals surface area contributed by atoms with Crippen LogP contribution >= 0.6 is 0 Å². The van der Waals surface area contributed by atoms with Gasteiger partial charge in [0.1, 0.15) is 11.9 Å². The van der Waals surface area contributed by atoms with E-state index in [0.29, 0.717) is 11.8 Å². The van der Waals surface area contributed by atoms with Crippen molar-refractivity contribution in [2.45, 2.75) is 108 Å². The van der Waals surface area contributed by atoms with Gasteiger partial charge in [-0.05, 0) is 61.1 Å². The van der Waals surface area contributed by atoms with Crippen molar-refractivity contribution in [3.05, 3.63) is 29.3 Å². The zero-order valence-electron chi connectivity index (χ0n) is 21.0. The maximum atomic E-state index is 10.9. The first-order valence-electron chi connectivity index (χ1n) is 11.8. The van der Waals surface area contributed by atoms with Crippen LogP contribution in [0.5, 0.6) is 5.75 Å². The van der Waals surface area contributed by atoms with Crippen LogP contribution in [0.4, 0.5) is 0 Å². The number of hydrogen-bond acceptors (Lipinski definition) is 3. The summed E-state index contributed by atoms with van der Waals surface area (Å²) in [6.07, 6.45) is 9.03. The zero-order valence-corrected chi connectivity index (χ0v) is 23.0. The molecule has 0 bridgehead atoms. The monoisotopic (exact) mass is 458 g/mol. The second-order valence-electron chi connectivity index (χ2n) is 12.3. The second kappa shape index (κ2) is 8.06. The first kappa shape index (κ1) is 24.6. The standard InChI is InChI=1S/C26H42O3Si2/c1-11-18-13-12-14-20-23-19(15-16-26(5,6)30(7,8)27)21(17-22(23)28-24(18)20)29-31(9,10)25(2,3)4/h1,12-14,19,21-23,27H,15-17H2,2-10H3/t19-,21+,22-,23-/m0/s1. The molecule has 3 rings (SSSR count). The third kappa shape index (κ3) is 4.55. The van der Waals surface area contributed by atoms with Crippen LogP contribution in [0.2, 0.25) is 36.3 Å². The summed E-state index contributed by atoms with van der Waals surface area (Å²) in [5.41, 5.74) is 2.11. The number of fused-ring (bicyclic) bond motifs is 3. The molecule has 0 radical (unpaired) electrons. The molecule has 4 atom stereocenters. The number of benzene rings is 1. The summed E-state index contributed by atoms with van der Waals surface area (Å²) in [4.78, 5) is 10.9. The molecule has 1 aromatic carbocycles. The normalized spacial score (nSPS) is 26.2. The fraction of sp³-hybridized carbons (Fsp3) is 0.692. The Morgan fingerprint density at radius 3 is 2.35 bits per heavy atom. The Hall–Kier alpha value is -1.07. The van der Waals surface area contributed by atoms with Crippen molar-refractivity contribution in [1.29, 1.82) is 0 Å². The number of rotatable bonds is 6. The highest BCUT2D eigenvalue weighted by Crippen LogP contribution is 2.56. The molecule has 2 aliphatic rings.